The number of hydrogen-bond acceptors (Lipinski definition) is 5. The van der Waals surface area contributed by atoms with Gasteiger partial charge < -0.3 is 9.80 Å². The van der Waals surface area contributed by atoms with Crippen LogP contribution in [0.3, 0.4) is 0 Å². The number of anilines is 1. The highest BCUT2D eigenvalue weighted by atomic mass is 16.2. The Morgan fingerprint density at radius 1 is 1.24 bits per heavy atom. The van der Waals surface area contributed by atoms with Crippen LogP contribution in [0.1, 0.15) is 58.7 Å². The Hall–Kier alpha value is -2.88. The number of fused-ring (bicyclic) bond motifs is 1. The van der Waals surface area contributed by atoms with Crippen LogP contribution < -0.4 is 4.90 Å². The summed E-state index contributed by atoms with van der Waals surface area (Å²) >= 11 is 0. The first-order chi connectivity index (χ1) is 14.0. The van der Waals surface area contributed by atoms with Gasteiger partial charge in [-0.3, -0.25) is 9.48 Å². The molecule has 0 spiro atoms. The molecule has 4 rings (SSSR count). The molecule has 0 unspecified atom stereocenters. The first kappa shape index (κ1) is 19.4. The third kappa shape index (κ3) is 3.71. The second kappa shape index (κ2) is 7.86. The highest BCUT2D eigenvalue weighted by Crippen LogP contribution is 2.29. The number of piperidine rings is 1. The van der Waals surface area contributed by atoms with E-state index in [-0.39, 0.29) is 11.9 Å². The predicted octanol–water partition coefficient (Wildman–Crippen LogP) is 2.62. The Bertz CT molecular complexity index is 945. The minimum absolute atomic E-state index is 0.0308. The van der Waals surface area contributed by atoms with Gasteiger partial charge in [0.05, 0.1) is 5.56 Å². The van der Waals surface area contributed by atoms with Crippen molar-refractivity contribution in [3.8, 4) is 6.07 Å². The highest BCUT2D eigenvalue weighted by molar-refractivity contribution is 5.92. The number of carbonyl (C=O) groups excluding carboxylic acids is 1. The molecule has 152 valence electrons. The molecular weight excluding hydrogens is 364 g/mol. The number of amides is 1. The van der Waals surface area contributed by atoms with Crippen LogP contribution >= 0.6 is 0 Å². The Labute approximate surface area is 171 Å². The second-order valence-corrected chi connectivity index (χ2v) is 8.21. The molecule has 0 atom stereocenters. The van der Waals surface area contributed by atoms with E-state index in [1.165, 1.54) is 18.4 Å². The summed E-state index contributed by atoms with van der Waals surface area (Å²) in [5.74, 6) is 0.790. The predicted molar refractivity (Wildman–Crippen MR) is 111 cm³/mol. The van der Waals surface area contributed by atoms with Gasteiger partial charge in [-0.15, -0.1) is 0 Å². The van der Waals surface area contributed by atoms with Gasteiger partial charge in [0, 0.05) is 44.6 Å². The van der Waals surface area contributed by atoms with Crippen LogP contribution in [0.2, 0.25) is 0 Å². The summed E-state index contributed by atoms with van der Waals surface area (Å²) in [7, 11) is 3.72. The summed E-state index contributed by atoms with van der Waals surface area (Å²) in [6.07, 6.45) is 6.10. The molecule has 1 aliphatic heterocycles. The fourth-order valence-electron chi connectivity index (χ4n) is 4.42. The Morgan fingerprint density at radius 2 is 1.97 bits per heavy atom. The average Bonchev–Trinajstić information content (AvgIpc) is 3.10. The van der Waals surface area contributed by atoms with E-state index in [9.17, 15) is 10.1 Å². The van der Waals surface area contributed by atoms with Gasteiger partial charge in [0.2, 0.25) is 0 Å². The van der Waals surface area contributed by atoms with E-state index >= 15 is 0 Å². The molecule has 2 aromatic heterocycles. The topological polar surface area (TPSA) is 78.1 Å². The molecule has 0 saturated carbocycles. The first-order valence-corrected chi connectivity index (χ1v) is 10.4. The van der Waals surface area contributed by atoms with E-state index in [2.05, 4.69) is 16.1 Å². The van der Waals surface area contributed by atoms with Crippen molar-refractivity contribution < 1.29 is 4.79 Å². The quantitative estimate of drug-likeness (QED) is 0.802. The zero-order valence-electron chi connectivity index (χ0n) is 17.5. The summed E-state index contributed by atoms with van der Waals surface area (Å²) in [5.41, 5.74) is 4.54. The lowest BCUT2D eigenvalue weighted by atomic mass is 9.94. The molecule has 7 heteroatoms. The van der Waals surface area contributed by atoms with Crippen LogP contribution in [-0.4, -0.2) is 51.8 Å². The number of nitrogens with zero attached hydrogens (tertiary/aromatic N) is 6. The molecule has 0 radical (unpaired) electrons. The summed E-state index contributed by atoms with van der Waals surface area (Å²) in [6, 6.07) is 6.40. The SMILES string of the molecule is Cc1cc(C(=O)N(C)C2CCN(c3nc4c(cc3C#N)CCCC4)CC2)nn1C. The van der Waals surface area contributed by atoms with Gasteiger partial charge in [-0.05, 0) is 63.1 Å². The number of aryl methyl sites for hydroxylation is 4. The van der Waals surface area contributed by atoms with E-state index in [1.54, 1.807) is 4.68 Å². The van der Waals surface area contributed by atoms with Gasteiger partial charge in [-0.1, -0.05) is 0 Å². The molecule has 1 amide bonds. The van der Waals surface area contributed by atoms with Gasteiger partial charge in [-0.2, -0.15) is 10.4 Å². The van der Waals surface area contributed by atoms with Gasteiger partial charge in [0.25, 0.3) is 5.91 Å². The average molecular weight is 393 g/mol. The second-order valence-electron chi connectivity index (χ2n) is 8.21. The van der Waals surface area contributed by atoms with Crippen molar-refractivity contribution in [3.05, 3.63) is 40.3 Å². The molecule has 29 heavy (non-hydrogen) atoms. The van der Waals surface area contributed by atoms with E-state index in [0.29, 0.717) is 11.3 Å². The number of carbonyl (C=O) groups is 1. The van der Waals surface area contributed by atoms with Crippen molar-refractivity contribution >= 4 is 11.7 Å². The van der Waals surface area contributed by atoms with Crippen LogP contribution in [0.15, 0.2) is 12.1 Å². The fraction of sp³-hybridized carbons (Fsp3) is 0.545. The van der Waals surface area contributed by atoms with Gasteiger partial charge in [0.1, 0.15) is 11.9 Å². The molecule has 2 aromatic rings. The van der Waals surface area contributed by atoms with Gasteiger partial charge in [-0.25, -0.2) is 4.98 Å². The molecule has 0 N–H and O–H groups in total. The molecule has 2 aliphatic rings. The van der Waals surface area contributed by atoms with Crippen LogP contribution in [0, 0.1) is 18.3 Å². The Kier molecular flexibility index (Phi) is 5.27. The monoisotopic (exact) mass is 392 g/mol. The minimum atomic E-state index is -0.0308. The maximum atomic E-state index is 12.8. The molecule has 0 bridgehead atoms. The molecular formula is C22H28N6O. The summed E-state index contributed by atoms with van der Waals surface area (Å²) in [5, 5.41) is 14.0. The van der Waals surface area contributed by atoms with Crippen molar-refractivity contribution in [1.82, 2.24) is 19.7 Å². The van der Waals surface area contributed by atoms with Crippen molar-refractivity contribution in [2.45, 2.75) is 51.5 Å². The van der Waals surface area contributed by atoms with E-state index < -0.39 is 0 Å². The van der Waals surface area contributed by atoms with Crippen molar-refractivity contribution in [2.24, 2.45) is 7.05 Å². The number of aromatic nitrogens is 3. The summed E-state index contributed by atoms with van der Waals surface area (Å²) < 4.78 is 1.73. The van der Waals surface area contributed by atoms with Gasteiger partial charge in [0.15, 0.2) is 5.69 Å². The zero-order chi connectivity index (χ0) is 20.5. The standard InChI is InChI=1S/C22H28N6O/c1-15-12-20(25-27(15)3)22(29)26(2)18-8-10-28(11-9-18)21-17(14-23)13-16-6-4-5-7-19(16)24-21/h12-13,18H,4-11H2,1-3H3. The number of rotatable bonds is 3. The zero-order valence-corrected chi connectivity index (χ0v) is 17.5. The minimum Gasteiger partial charge on any atom is -0.355 e. The normalized spacial score (nSPS) is 17.0. The molecule has 7 nitrogen and oxygen atoms in total. The van der Waals surface area contributed by atoms with Gasteiger partial charge >= 0.3 is 0 Å². The third-order valence-corrected chi connectivity index (χ3v) is 6.37. The molecule has 3 heterocycles. The highest BCUT2D eigenvalue weighted by Gasteiger charge is 2.29. The van der Waals surface area contributed by atoms with Crippen LogP contribution in [-0.2, 0) is 19.9 Å². The Morgan fingerprint density at radius 3 is 2.62 bits per heavy atom. The van der Waals surface area contributed by atoms with Crippen LogP contribution in [0.5, 0.6) is 0 Å². The lowest BCUT2D eigenvalue weighted by Crippen LogP contribution is -2.46. The maximum absolute atomic E-state index is 12.8. The van der Waals surface area contributed by atoms with Crippen LogP contribution in [0.25, 0.3) is 0 Å². The number of hydrogen-bond donors (Lipinski definition) is 0. The lowest BCUT2D eigenvalue weighted by molar-refractivity contribution is 0.0702. The largest absolute Gasteiger partial charge is 0.355 e. The maximum Gasteiger partial charge on any atom is 0.274 e. The van der Waals surface area contributed by atoms with Crippen LogP contribution in [0.4, 0.5) is 5.82 Å². The first-order valence-electron chi connectivity index (χ1n) is 10.4. The van der Waals surface area contributed by atoms with E-state index in [4.69, 9.17) is 4.98 Å². The molecule has 1 saturated heterocycles. The van der Waals surface area contributed by atoms with Crippen molar-refractivity contribution in [1.29, 1.82) is 5.26 Å². The molecule has 1 fully saturated rings. The molecule has 1 aliphatic carbocycles. The molecule has 0 aromatic carbocycles. The summed E-state index contributed by atoms with van der Waals surface area (Å²) in [6.45, 7) is 3.54. The number of pyridine rings is 1. The lowest BCUT2D eigenvalue weighted by Gasteiger charge is -2.37. The summed E-state index contributed by atoms with van der Waals surface area (Å²) in [4.78, 5) is 21.7. The smallest absolute Gasteiger partial charge is 0.274 e. The fourth-order valence-corrected chi connectivity index (χ4v) is 4.42. The van der Waals surface area contributed by atoms with E-state index in [0.717, 1.165) is 56.0 Å². The van der Waals surface area contributed by atoms with Crippen molar-refractivity contribution in [3.63, 3.8) is 0 Å². The van der Waals surface area contributed by atoms with E-state index in [1.807, 2.05) is 38.1 Å². The van der Waals surface area contributed by atoms with Crippen molar-refractivity contribution in [2.75, 3.05) is 25.0 Å². The third-order valence-electron chi connectivity index (χ3n) is 6.37. The Balaban J connectivity index is 1.45. The number of nitriles is 1.